The number of hydrogen-bond acceptors (Lipinski definition) is 8. The number of nitrogen functional groups attached to an aromatic ring is 1. The molecule has 3 heterocycles. The summed E-state index contributed by atoms with van der Waals surface area (Å²) in [6.07, 6.45) is 3.61. The van der Waals surface area contributed by atoms with Gasteiger partial charge >= 0.3 is 0 Å². The Morgan fingerprint density at radius 1 is 0.878 bits per heavy atom. The van der Waals surface area contributed by atoms with Crippen molar-refractivity contribution in [2.24, 2.45) is 5.10 Å². The number of aromatic nitrogens is 3. The molecule has 0 atom stereocenters. The first-order valence-electron chi connectivity index (χ1n) is 13.6. The van der Waals surface area contributed by atoms with Crippen molar-refractivity contribution in [3.05, 3.63) is 97.0 Å². The van der Waals surface area contributed by atoms with Gasteiger partial charge < -0.3 is 25.1 Å². The lowest BCUT2D eigenvalue weighted by molar-refractivity contribution is 0.0898. The van der Waals surface area contributed by atoms with E-state index in [1.54, 1.807) is 6.33 Å². The summed E-state index contributed by atoms with van der Waals surface area (Å²) in [5.41, 5.74) is 10.1. The summed E-state index contributed by atoms with van der Waals surface area (Å²) >= 11 is 0. The van der Waals surface area contributed by atoms with E-state index in [-0.39, 0.29) is 0 Å². The van der Waals surface area contributed by atoms with Crippen LogP contribution in [0.3, 0.4) is 0 Å². The fraction of sp³-hybridized carbons (Fsp3) is 0.194. The third-order valence-corrected chi connectivity index (χ3v) is 8.45. The summed E-state index contributed by atoms with van der Waals surface area (Å²) < 4.78 is 14.1. The Morgan fingerprint density at radius 2 is 1.61 bits per heavy atom. The summed E-state index contributed by atoms with van der Waals surface area (Å²) in [7, 11) is -1.19. The van der Waals surface area contributed by atoms with Crippen LogP contribution in [0, 0.1) is 0 Å². The maximum atomic E-state index is 6.10. The number of ether oxygens (including phenoxy) is 2. The summed E-state index contributed by atoms with van der Waals surface area (Å²) in [6.45, 7) is 8.17. The van der Waals surface area contributed by atoms with E-state index in [0.29, 0.717) is 24.1 Å². The van der Waals surface area contributed by atoms with E-state index >= 15 is 0 Å². The average Bonchev–Trinajstić information content (AvgIpc) is 3.34. The minimum absolute atomic E-state index is 0.401. The third-order valence-electron chi connectivity index (χ3n) is 6.75. The number of para-hydroxylation sites is 1. The number of hydrogen-bond donors (Lipinski definition) is 2. The molecule has 0 spiro atoms. The summed E-state index contributed by atoms with van der Waals surface area (Å²) in [4.78, 5) is 9.28. The molecule has 0 saturated heterocycles. The summed E-state index contributed by atoms with van der Waals surface area (Å²) in [5, 5.41) is 11.2. The standard InChI is InChI=1S/C31H33N7O2Si/c1-41(2,3)18-17-39-21-37-19-27-28-30(37)33-20-34-31(28)38(24-13-9-22(32)10-14-24)36-29(27)35-23-11-15-26(16-12-23)40-25-7-5-4-6-8-25/h4-16,19-20H,17-18,21,32H2,1-3H3,(H,35,36). The van der Waals surface area contributed by atoms with Gasteiger partial charge in [0.2, 0.25) is 0 Å². The minimum Gasteiger partial charge on any atom is -0.457 e. The Kier molecular flexibility index (Phi) is 7.17. The zero-order valence-corrected chi connectivity index (χ0v) is 24.4. The highest BCUT2D eigenvalue weighted by atomic mass is 28.3. The molecule has 0 radical (unpaired) electrons. The van der Waals surface area contributed by atoms with Crippen molar-refractivity contribution in [3.8, 4) is 11.5 Å². The van der Waals surface area contributed by atoms with Crippen LogP contribution < -0.4 is 20.8 Å². The molecule has 0 saturated carbocycles. The second kappa shape index (κ2) is 11.1. The van der Waals surface area contributed by atoms with Crippen molar-refractivity contribution in [2.45, 2.75) is 32.4 Å². The maximum absolute atomic E-state index is 6.10. The molecule has 1 aliphatic heterocycles. The number of nitrogens with one attached hydrogen (secondary N) is 1. The van der Waals surface area contributed by atoms with Gasteiger partial charge in [-0.15, -0.1) is 5.10 Å². The number of amidine groups is 1. The Labute approximate surface area is 240 Å². The van der Waals surface area contributed by atoms with Crippen molar-refractivity contribution >= 4 is 47.8 Å². The molecule has 0 aliphatic carbocycles. The Hall–Kier alpha value is -4.67. The molecule has 0 amide bonds. The van der Waals surface area contributed by atoms with Crippen molar-refractivity contribution in [3.63, 3.8) is 0 Å². The molecule has 0 bridgehead atoms. The highest BCUT2D eigenvalue weighted by molar-refractivity contribution is 6.76. The molecule has 6 rings (SSSR count). The lowest BCUT2D eigenvalue weighted by Gasteiger charge is -2.25. The number of anilines is 4. The second-order valence-electron chi connectivity index (χ2n) is 11.2. The highest BCUT2D eigenvalue weighted by Gasteiger charge is 2.28. The van der Waals surface area contributed by atoms with Crippen LogP contribution in [0.15, 0.2) is 96.5 Å². The van der Waals surface area contributed by atoms with Gasteiger partial charge in [-0.05, 0) is 66.7 Å². The lowest BCUT2D eigenvalue weighted by Crippen LogP contribution is -2.24. The number of nitrogens with zero attached hydrogens (tertiary/aromatic N) is 5. The molecule has 3 N–H and O–H groups in total. The van der Waals surface area contributed by atoms with Gasteiger partial charge in [0.05, 0.1) is 16.6 Å². The van der Waals surface area contributed by atoms with Crippen LogP contribution in [0.5, 0.6) is 11.5 Å². The molecule has 0 fully saturated rings. The van der Waals surface area contributed by atoms with Gasteiger partial charge in [-0.25, -0.2) is 15.0 Å². The molecule has 0 unspecified atom stereocenters. The van der Waals surface area contributed by atoms with Gasteiger partial charge in [-0.1, -0.05) is 37.8 Å². The van der Waals surface area contributed by atoms with Gasteiger partial charge in [0.25, 0.3) is 0 Å². The molecule has 9 nitrogen and oxygen atoms in total. The van der Waals surface area contributed by atoms with Crippen LogP contribution in [0.4, 0.5) is 22.9 Å². The lowest BCUT2D eigenvalue weighted by atomic mass is 10.1. The topological polar surface area (TPSA) is 103 Å². The van der Waals surface area contributed by atoms with Gasteiger partial charge in [0, 0.05) is 32.3 Å². The fourth-order valence-electron chi connectivity index (χ4n) is 4.54. The van der Waals surface area contributed by atoms with E-state index in [9.17, 15) is 0 Å². The monoisotopic (exact) mass is 563 g/mol. The Morgan fingerprint density at radius 3 is 2.34 bits per heavy atom. The molecule has 2 aromatic heterocycles. The second-order valence-corrected chi connectivity index (χ2v) is 16.8. The van der Waals surface area contributed by atoms with Crippen LogP contribution >= 0.6 is 0 Å². The molecule has 41 heavy (non-hydrogen) atoms. The van der Waals surface area contributed by atoms with Gasteiger partial charge in [0.1, 0.15) is 30.2 Å². The van der Waals surface area contributed by atoms with Crippen LogP contribution in [-0.4, -0.2) is 35.1 Å². The van der Waals surface area contributed by atoms with E-state index in [1.165, 1.54) is 0 Å². The first-order valence-corrected chi connectivity index (χ1v) is 17.3. The zero-order chi connectivity index (χ0) is 28.4. The largest absolute Gasteiger partial charge is 0.457 e. The maximum Gasteiger partial charge on any atom is 0.167 e. The van der Waals surface area contributed by atoms with E-state index < -0.39 is 8.07 Å². The molecule has 10 heteroatoms. The number of hydrazone groups is 1. The fourth-order valence-corrected chi connectivity index (χ4v) is 5.30. The summed E-state index contributed by atoms with van der Waals surface area (Å²) in [6, 6.07) is 26.2. The Bertz CT molecular complexity index is 1680. The first-order chi connectivity index (χ1) is 19.8. The molecule has 1 aliphatic rings. The normalized spacial score (nSPS) is 12.9. The Balaban J connectivity index is 1.33. The van der Waals surface area contributed by atoms with Crippen LogP contribution in [-0.2, 0) is 11.5 Å². The highest BCUT2D eigenvalue weighted by Crippen LogP contribution is 2.37. The van der Waals surface area contributed by atoms with E-state index in [4.69, 9.17) is 20.3 Å². The van der Waals surface area contributed by atoms with E-state index in [2.05, 4.69) is 34.9 Å². The molecule has 3 aromatic carbocycles. The van der Waals surface area contributed by atoms with Crippen molar-refractivity contribution in [2.75, 3.05) is 22.7 Å². The number of rotatable bonds is 9. The molecular formula is C31H33N7O2Si. The van der Waals surface area contributed by atoms with Gasteiger partial charge in [-0.3, -0.25) is 0 Å². The van der Waals surface area contributed by atoms with Gasteiger partial charge in [-0.2, -0.15) is 0 Å². The van der Waals surface area contributed by atoms with E-state index in [0.717, 1.165) is 52.1 Å². The quantitative estimate of drug-likeness (QED) is 0.113. The van der Waals surface area contributed by atoms with Crippen LogP contribution in [0.1, 0.15) is 5.56 Å². The smallest absolute Gasteiger partial charge is 0.167 e. The van der Waals surface area contributed by atoms with Crippen molar-refractivity contribution in [1.82, 2.24) is 14.5 Å². The average molecular weight is 564 g/mol. The molecule has 208 valence electrons. The first kappa shape index (κ1) is 26.5. The minimum atomic E-state index is -1.19. The summed E-state index contributed by atoms with van der Waals surface area (Å²) in [5.74, 6) is 2.91. The van der Waals surface area contributed by atoms with Gasteiger partial charge in [0.15, 0.2) is 11.7 Å². The van der Waals surface area contributed by atoms with Crippen LogP contribution in [0.2, 0.25) is 25.7 Å². The number of benzene rings is 3. The van der Waals surface area contributed by atoms with Crippen LogP contribution in [0.25, 0.3) is 11.0 Å². The SMILES string of the molecule is C[Si](C)(C)CCOCn1cc2c3c(ncnc31)N(c1ccc(N)cc1)N=C2Nc1ccc(Oc2ccccc2)cc1. The zero-order valence-electron chi connectivity index (χ0n) is 23.4. The van der Waals surface area contributed by atoms with E-state index in [1.807, 2.05) is 94.6 Å². The van der Waals surface area contributed by atoms with Crippen molar-refractivity contribution in [1.29, 1.82) is 0 Å². The predicted molar refractivity (Wildman–Crippen MR) is 168 cm³/mol. The number of nitrogens with two attached hydrogens (primary N) is 1. The molecule has 5 aromatic rings. The third kappa shape index (κ3) is 5.93. The van der Waals surface area contributed by atoms with Crippen molar-refractivity contribution < 1.29 is 9.47 Å². The molecular weight excluding hydrogens is 530 g/mol. The predicted octanol–water partition coefficient (Wildman–Crippen LogP) is 7.04.